The number of hydrogen-bond donors (Lipinski definition) is 1. The average Bonchev–Trinajstić information content (AvgIpc) is 2.60. The molecule has 6 heteroatoms. The van der Waals surface area contributed by atoms with Gasteiger partial charge >= 0.3 is 5.97 Å². The lowest BCUT2D eigenvalue weighted by molar-refractivity contribution is -0.142. The molecule has 94 valence electrons. The van der Waals surface area contributed by atoms with Gasteiger partial charge in [0.15, 0.2) is 0 Å². The minimum Gasteiger partial charge on any atom is -0.466 e. The monoisotopic (exact) mass is 239 g/mol. The zero-order chi connectivity index (χ0) is 12.8. The Balaban J connectivity index is 2.40. The number of carbonyl (C=O) groups is 2. The summed E-state index contributed by atoms with van der Waals surface area (Å²) < 4.78 is 6.38. The summed E-state index contributed by atoms with van der Waals surface area (Å²) in [4.78, 5) is 22.7. The van der Waals surface area contributed by atoms with Gasteiger partial charge in [0, 0.05) is 19.3 Å². The maximum atomic E-state index is 11.7. The molecule has 0 atom stereocenters. The van der Waals surface area contributed by atoms with Crippen LogP contribution in [0, 0.1) is 6.92 Å². The first kappa shape index (κ1) is 13.2. The Kier molecular flexibility index (Phi) is 4.68. The van der Waals surface area contributed by atoms with Gasteiger partial charge in [-0.2, -0.15) is 5.10 Å². The molecule has 6 nitrogen and oxygen atoms in total. The first-order valence-electron chi connectivity index (χ1n) is 5.48. The van der Waals surface area contributed by atoms with Crippen LogP contribution in [-0.4, -0.2) is 34.8 Å². The van der Waals surface area contributed by atoms with Gasteiger partial charge < -0.3 is 10.1 Å². The number of nitrogens with one attached hydrogen (secondary N) is 1. The van der Waals surface area contributed by atoms with Crippen LogP contribution in [0.2, 0.25) is 0 Å². The molecule has 0 saturated carbocycles. The van der Waals surface area contributed by atoms with E-state index < -0.39 is 0 Å². The normalized spacial score (nSPS) is 10.1. The van der Waals surface area contributed by atoms with E-state index in [1.165, 1.54) is 6.20 Å². The second-order valence-electron chi connectivity index (χ2n) is 3.58. The van der Waals surface area contributed by atoms with E-state index in [0.717, 1.165) is 5.69 Å². The van der Waals surface area contributed by atoms with Gasteiger partial charge in [0.2, 0.25) is 0 Å². The summed E-state index contributed by atoms with van der Waals surface area (Å²) >= 11 is 0. The highest BCUT2D eigenvalue weighted by molar-refractivity contribution is 5.95. The van der Waals surface area contributed by atoms with Crippen molar-refractivity contribution in [3.05, 3.63) is 17.5 Å². The third kappa shape index (κ3) is 3.58. The van der Waals surface area contributed by atoms with Crippen molar-refractivity contribution in [2.75, 3.05) is 13.2 Å². The van der Waals surface area contributed by atoms with Gasteiger partial charge in [0.1, 0.15) is 0 Å². The number of ether oxygens (including phenoxy) is 1. The molecule has 1 N–H and O–H groups in total. The summed E-state index contributed by atoms with van der Waals surface area (Å²) in [5, 5.41) is 6.62. The van der Waals surface area contributed by atoms with Crippen LogP contribution in [0.15, 0.2) is 6.20 Å². The number of amides is 1. The summed E-state index contributed by atoms with van der Waals surface area (Å²) in [7, 11) is 1.77. The van der Waals surface area contributed by atoms with Gasteiger partial charge in [-0.15, -0.1) is 0 Å². The number of hydrogen-bond acceptors (Lipinski definition) is 4. The second-order valence-corrected chi connectivity index (χ2v) is 3.58. The summed E-state index contributed by atoms with van der Waals surface area (Å²) in [6.07, 6.45) is 1.69. The van der Waals surface area contributed by atoms with E-state index in [9.17, 15) is 9.59 Å². The minimum absolute atomic E-state index is 0.179. The molecular formula is C11H17N3O3. The van der Waals surface area contributed by atoms with Crippen LogP contribution in [0.25, 0.3) is 0 Å². The molecule has 0 bridgehead atoms. The van der Waals surface area contributed by atoms with Crippen molar-refractivity contribution in [1.82, 2.24) is 15.1 Å². The molecule has 0 spiro atoms. The molecule has 0 aromatic carbocycles. The van der Waals surface area contributed by atoms with Crippen molar-refractivity contribution in [2.24, 2.45) is 7.05 Å². The fourth-order valence-electron chi connectivity index (χ4n) is 1.33. The summed E-state index contributed by atoms with van der Waals surface area (Å²) in [5.41, 5.74) is 1.31. The maximum Gasteiger partial charge on any atom is 0.307 e. The van der Waals surface area contributed by atoms with Crippen molar-refractivity contribution < 1.29 is 14.3 Å². The van der Waals surface area contributed by atoms with Crippen LogP contribution in [0.5, 0.6) is 0 Å². The highest BCUT2D eigenvalue weighted by Gasteiger charge is 2.12. The molecule has 0 aliphatic carbocycles. The lowest BCUT2D eigenvalue weighted by Gasteiger charge is -2.04. The van der Waals surface area contributed by atoms with Crippen LogP contribution in [-0.2, 0) is 16.6 Å². The van der Waals surface area contributed by atoms with Crippen molar-refractivity contribution in [1.29, 1.82) is 0 Å². The zero-order valence-electron chi connectivity index (χ0n) is 10.3. The van der Waals surface area contributed by atoms with Crippen molar-refractivity contribution >= 4 is 11.9 Å². The molecule has 1 rings (SSSR count). The molecule has 0 fully saturated rings. The van der Waals surface area contributed by atoms with Crippen LogP contribution >= 0.6 is 0 Å². The Labute approximate surface area is 99.9 Å². The number of nitrogens with zero attached hydrogens (tertiary/aromatic N) is 2. The van der Waals surface area contributed by atoms with Gasteiger partial charge in [-0.1, -0.05) is 0 Å². The Morgan fingerprint density at radius 2 is 2.24 bits per heavy atom. The summed E-state index contributed by atoms with van der Waals surface area (Å²) in [6, 6.07) is 0. The van der Waals surface area contributed by atoms with Gasteiger partial charge in [-0.3, -0.25) is 14.3 Å². The molecule has 0 aliphatic rings. The highest BCUT2D eigenvalue weighted by atomic mass is 16.5. The molecule has 0 radical (unpaired) electrons. The van der Waals surface area contributed by atoms with E-state index >= 15 is 0 Å². The summed E-state index contributed by atoms with van der Waals surface area (Å²) in [6.45, 7) is 4.18. The predicted molar refractivity (Wildman–Crippen MR) is 61.5 cm³/mol. The third-order valence-electron chi connectivity index (χ3n) is 2.40. The number of aromatic nitrogens is 2. The van der Waals surface area contributed by atoms with E-state index in [1.54, 1.807) is 18.7 Å². The lowest BCUT2D eigenvalue weighted by atomic mass is 10.2. The molecule has 1 aromatic rings. The van der Waals surface area contributed by atoms with E-state index in [-0.39, 0.29) is 24.8 Å². The van der Waals surface area contributed by atoms with Crippen molar-refractivity contribution in [3.63, 3.8) is 0 Å². The van der Waals surface area contributed by atoms with E-state index in [0.29, 0.717) is 12.2 Å². The first-order chi connectivity index (χ1) is 8.06. The average molecular weight is 239 g/mol. The lowest BCUT2D eigenvalue weighted by Crippen LogP contribution is -2.26. The quantitative estimate of drug-likeness (QED) is 0.755. The second kappa shape index (κ2) is 6.03. The standard InChI is InChI=1S/C11H17N3O3/c1-4-17-10(15)5-6-12-11(16)9-7-13-14(3)8(9)2/h7H,4-6H2,1-3H3,(H,12,16). The number of rotatable bonds is 5. The topological polar surface area (TPSA) is 73.2 Å². The van der Waals surface area contributed by atoms with Crippen molar-refractivity contribution in [3.8, 4) is 0 Å². The smallest absolute Gasteiger partial charge is 0.307 e. The van der Waals surface area contributed by atoms with Gasteiger partial charge in [-0.05, 0) is 13.8 Å². The van der Waals surface area contributed by atoms with Gasteiger partial charge in [0.05, 0.1) is 24.8 Å². The minimum atomic E-state index is -0.310. The molecule has 1 aromatic heterocycles. The van der Waals surface area contributed by atoms with Crippen molar-refractivity contribution in [2.45, 2.75) is 20.3 Å². The van der Waals surface area contributed by atoms with Gasteiger partial charge in [0.25, 0.3) is 5.91 Å². The van der Waals surface area contributed by atoms with Gasteiger partial charge in [-0.25, -0.2) is 0 Å². The van der Waals surface area contributed by atoms with E-state index in [4.69, 9.17) is 4.74 Å². The molecular weight excluding hydrogens is 222 g/mol. The molecule has 17 heavy (non-hydrogen) atoms. The molecule has 0 saturated heterocycles. The fraction of sp³-hybridized carbons (Fsp3) is 0.545. The van der Waals surface area contributed by atoms with Crippen LogP contribution < -0.4 is 5.32 Å². The molecule has 1 heterocycles. The number of esters is 1. The molecule has 1 amide bonds. The Hall–Kier alpha value is -1.85. The van der Waals surface area contributed by atoms with Crippen LogP contribution in [0.3, 0.4) is 0 Å². The van der Waals surface area contributed by atoms with E-state index in [2.05, 4.69) is 10.4 Å². The van der Waals surface area contributed by atoms with E-state index in [1.807, 2.05) is 6.92 Å². The third-order valence-corrected chi connectivity index (χ3v) is 2.40. The number of aryl methyl sites for hydroxylation is 1. The SMILES string of the molecule is CCOC(=O)CCNC(=O)c1cnn(C)c1C. The maximum absolute atomic E-state index is 11.7. The van der Waals surface area contributed by atoms with Crippen LogP contribution in [0.1, 0.15) is 29.4 Å². The van der Waals surface area contributed by atoms with Crippen LogP contribution in [0.4, 0.5) is 0 Å². The first-order valence-corrected chi connectivity index (χ1v) is 5.48. The zero-order valence-corrected chi connectivity index (χ0v) is 10.3. The predicted octanol–water partition coefficient (Wildman–Crippen LogP) is 0.412. The largest absolute Gasteiger partial charge is 0.466 e. The summed E-state index contributed by atoms with van der Waals surface area (Å²) in [5.74, 6) is -0.532. The highest BCUT2D eigenvalue weighted by Crippen LogP contribution is 2.04. The Morgan fingerprint density at radius 3 is 2.76 bits per heavy atom. The number of carbonyl (C=O) groups excluding carboxylic acids is 2. The molecule has 0 aliphatic heterocycles. The molecule has 0 unspecified atom stereocenters. The fourth-order valence-corrected chi connectivity index (χ4v) is 1.33. The Morgan fingerprint density at radius 1 is 1.53 bits per heavy atom. The Bertz CT molecular complexity index is 412.